The van der Waals surface area contributed by atoms with Crippen molar-refractivity contribution in [1.82, 2.24) is 5.32 Å². The molecule has 0 bridgehead atoms. The first-order valence-electron chi connectivity index (χ1n) is 8.23. The minimum absolute atomic E-state index is 0.122. The number of hydrogen-bond donors (Lipinski definition) is 2. The Bertz CT molecular complexity index is 682. The van der Waals surface area contributed by atoms with Crippen molar-refractivity contribution in [1.29, 1.82) is 0 Å². The third kappa shape index (κ3) is 4.71. The molecule has 1 amide bonds. The van der Waals surface area contributed by atoms with Gasteiger partial charge in [-0.15, -0.1) is 0 Å². The molecule has 6 nitrogen and oxygen atoms in total. The fourth-order valence-corrected chi connectivity index (χ4v) is 2.43. The van der Waals surface area contributed by atoms with Crippen molar-refractivity contribution in [3.05, 3.63) is 40.9 Å². The summed E-state index contributed by atoms with van der Waals surface area (Å²) in [6.45, 7) is 9.75. The zero-order valence-corrected chi connectivity index (χ0v) is 15.4. The minimum atomic E-state index is -0.549. The van der Waals surface area contributed by atoms with E-state index in [-0.39, 0.29) is 5.91 Å². The molecule has 1 aliphatic heterocycles. The summed E-state index contributed by atoms with van der Waals surface area (Å²) in [5.41, 5.74) is 1.56. The van der Waals surface area contributed by atoms with E-state index in [1.807, 2.05) is 58.0 Å². The summed E-state index contributed by atoms with van der Waals surface area (Å²) in [6, 6.07) is 7.49. The van der Waals surface area contributed by atoms with Crippen molar-refractivity contribution in [2.24, 2.45) is 5.16 Å². The standard InChI is InChI=1S/C18H25BN2O4/c1-13(22)20-12-16(19-24-17(2,3)18(4,5)25-19)10-14-7-6-8-15(9-14)11-21-23/h6-11,23H,12H2,1-5H3,(H,20,22). The predicted molar refractivity (Wildman–Crippen MR) is 98.6 cm³/mol. The molecule has 1 heterocycles. The lowest BCUT2D eigenvalue weighted by atomic mass is 9.77. The van der Waals surface area contributed by atoms with E-state index in [1.165, 1.54) is 13.1 Å². The number of rotatable bonds is 5. The first kappa shape index (κ1) is 19.2. The van der Waals surface area contributed by atoms with Gasteiger partial charge in [0.2, 0.25) is 5.91 Å². The number of hydrogen-bond acceptors (Lipinski definition) is 5. The van der Waals surface area contributed by atoms with Gasteiger partial charge in [0.05, 0.1) is 17.4 Å². The Morgan fingerprint density at radius 1 is 1.24 bits per heavy atom. The van der Waals surface area contributed by atoms with E-state index in [4.69, 9.17) is 14.5 Å². The molecule has 0 unspecified atom stereocenters. The third-order valence-electron chi connectivity index (χ3n) is 4.57. The average Bonchev–Trinajstić information content (AvgIpc) is 2.72. The molecule has 0 atom stereocenters. The zero-order valence-electron chi connectivity index (χ0n) is 15.4. The molecule has 0 radical (unpaired) electrons. The smallest absolute Gasteiger partial charge is 0.411 e. The summed E-state index contributed by atoms with van der Waals surface area (Å²) < 4.78 is 12.2. The Morgan fingerprint density at radius 2 is 1.84 bits per heavy atom. The van der Waals surface area contributed by atoms with Crippen molar-refractivity contribution in [3.8, 4) is 0 Å². The van der Waals surface area contributed by atoms with E-state index >= 15 is 0 Å². The van der Waals surface area contributed by atoms with Gasteiger partial charge in [0.1, 0.15) is 0 Å². The van der Waals surface area contributed by atoms with Crippen LogP contribution in [0, 0.1) is 0 Å². The van der Waals surface area contributed by atoms with Crippen LogP contribution in [0.5, 0.6) is 0 Å². The second-order valence-electron chi connectivity index (χ2n) is 7.13. The maximum absolute atomic E-state index is 11.3. The van der Waals surface area contributed by atoms with Crippen LogP contribution in [0.25, 0.3) is 6.08 Å². The monoisotopic (exact) mass is 344 g/mol. The Balaban J connectivity index is 2.33. The van der Waals surface area contributed by atoms with Crippen molar-refractivity contribution < 1.29 is 19.3 Å². The molecule has 2 N–H and O–H groups in total. The fraction of sp³-hybridized carbons (Fsp3) is 0.444. The second kappa shape index (κ2) is 7.41. The first-order chi connectivity index (χ1) is 11.6. The van der Waals surface area contributed by atoms with E-state index in [1.54, 1.807) is 0 Å². The molecular formula is C18H25BN2O4. The molecule has 1 fully saturated rings. The van der Waals surface area contributed by atoms with E-state index < -0.39 is 18.3 Å². The van der Waals surface area contributed by atoms with Crippen molar-refractivity contribution in [2.45, 2.75) is 45.8 Å². The van der Waals surface area contributed by atoms with Gasteiger partial charge in [-0.25, -0.2) is 0 Å². The van der Waals surface area contributed by atoms with Gasteiger partial charge in [-0.05, 0) is 50.4 Å². The Labute approximate surface area is 149 Å². The lowest BCUT2D eigenvalue weighted by molar-refractivity contribution is -0.118. The molecule has 25 heavy (non-hydrogen) atoms. The van der Waals surface area contributed by atoms with Crippen LogP contribution in [-0.2, 0) is 14.1 Å². The quantitative estimate of drug-likeness (QED) is 0.372. The summed E-state index contributed by atoms with van der Waals surface area (Å²) in [5, 5.41) is 14.5. The summed E-state index contributed by atoms with van der Waals surface area (Å²) in [7, 11) is -0.549. The van der Waals surface area contributed by atoms with Gasteiger partial charge in [0.25, 0.3) is 0 Å². The van der Waals surface area contributed by atoms with E-state index in [0.29, 0.717) is 6.54 Å². The fourth-order valence-electron chi connectivity index (χ4n) is 2.43. The zero-order chi connectivity index (χ0) is 18.7. The average molecular weight is 344 g/mol. The summed E-state index contributed by atoms with van der Waals surface area (Å²) >= 11 is 0. The first-order valence-corrected chi connectivity index (χ1v) is 8.23. The lowest BCUT2D eigenvalue weighted by Gasteiger charge is -2.32. The molecule has 7 heteroatoms. The van der Waals surface area contributed by atoms with Gasteiger partial charge >= 0.3 is 7.12 Å². The van der Waals surface area contributed by atoms with Gasteiger partial charge in [0.15, 0.2) is 0 Å². The summed E-state index contributed by atoms with van der Waals surface area (Å²) in [4.78, 5) is 11.3. The molecule has 1 aromatic rings. The van der Waals surface area contributed by atoms with Crippen molar-refractivity contribution >= 4 is 25.3 Å². The van der Waals surface area contributed by atoms with E-state index in [2.05, 4.69) is 10.5 Å². The Hall–Kier alpha value is -2.12. The van der Waals surface area contributed by atoms with Crippen LogP contribution in [-0.4, -0.2) is 42.2 Å². The molecule has 0 saturated carbocycles. The van der Waals surface area contributed by atoms with Crippen molar-refractivity contribution in [2.75, 3.05) is 6.54 Å². The molecular weight excluding hydrogens is 319 g/mol. The molecule has 1 saturated heterocycles. The van der Waals surface area contributed by atoms with Gasteiger partial charge < -0.3 is 19.8 Å². The molecule has 0 spiro atoms. The van der Waals surface area contributed by atoms with Gasteiger partial charge in [-0.3, -0.25) is 4.79 Å². The van der Waals surface area contributed by atoms with Crippen LogP contribution in [0.15, 0.2) is 34.9 Å². The van der Waals surface area contributed by atoms with Gasteiger partial charge in [-0.1, -0.05) is 29.4 Å². The number of carbonyl (C=O) groups excluding carboxylic acids is 1. The van der Waals surface area contributed by atoms with Crippen molar-refractivity contribution in [3.63, 3.8) is 0 Å². The number of nitrogens with one attached hydrogen (secondary N) is 1. The minimum Gasteiger partial charge on any atom is -0.411 e. The number of amides is 1. The Morgan fingerprint density at radius 3 is 2.40 bits per heavy atom. The maximum Gasteiger partial charge on any atom is 0.492 e. The SMILES string of the molecule is CC(=O)NCC(=Cc1cccc(C=NO)c1)B1OC(C)(C)C(C)(C)O1. The molecule has 0 aliphatic carbocycles. The Kier molecular flexibility index (Phi) is 5.70. The van der Waals surface area contributed by atoms with Gasteiger partial charge in [-0.2, -0.15) is 0 Å². The highest BCUT2D eigenvalue weighted by Crippen LogP contribution is 2.38. The number of nitrogens with zero attached hydrogens (tertiary/aromatic N) is 1. The van der Waals surface area contributed by atoms with E-state index in [9.17, 15) is 4.79 Å². The maximum atomic E-state index is 11.3. The highest BCUT2D eigenvalue weighted by molar-refractivity contribution is 6.56. The largest absolute Gasteiger partial charge is 0.492 e. The molecule has 1 aromatic carbocycles. The lowest BCUT2D eigenvalue weighted by Crippen LogP contribution is -2.41. The van der Waals surface area contributed by atoms with Crippen LogP contribution < -0.4 is 5.32 Å². The third-order valence-corrected chi connectivity index (χ3v) is 4.57. The molecule has 1 aliphatic rings. The highest BCUT2D eigenvalue weighted by atomic mass is 16.7. The normalized spacial score (nSPS) is 19.4. The topological polar surface area (TPSA) is 80.2 Å². The van der Waals surface area contributed by atoms with Crippen LogP contribution >= 0.6 is 0 Å². The predicted octanol–water partition coefficient (Wildman–Crippen LogP) is 2.65. The number of carbonyl (C=O) groups is 1. The highest BCUT2D eigenvalue weighted by Gasteiger charge is 2.52. The summed E-state index contributed by atoms with van der Waals surface area (Å²) in [6.07, 6.45) is 3.28. The van der Waals surface area contributed by atoms with Gasteiger partial charge in [0, 0.05) is 13.5 Å². The van der Waals surface area contributed by atoms with Crippen LogP contribution in [0.1, 0.15) is 45.7 Å². The molecule has 2 rings (SSSR count). The van der Waals surface area contributed by atoms with Crippen LogP contribution in [0.2, 0.25) is 0 Å². The molecule has 0 aromatic heterocycles. The van der Waals surface area contributed by atoms with Crippen LogP contribution in [0.4, 0.5) is 0 Å². The summed E-state index contributed by atoms with van der Waals surface area (Å²) in [5.74, 6) is -0.122. The molecule has 134 valence electrons. The van der Waals surface area contributed by atoms with E-state index in [0.717, 1.165) is 16.6 Å². The van der Waals surface area contributed by atoms with Crippen LogP contribution in [0.3, 0.4) is 0 Å². The second-order valence-corrected chi connectivity index (χ2v) is 7.13. The number of benzene rings is 1. The number of oxime groups is 1.